The summed E-state index contributed by atoms with van der Waals surface area (Å²) in [5, 5.41) is 0.700. The molecule has 0 amide bonds. The Kier molecular flexibility index (Phi) is 6.41. The lowest BCUT2D eigenvalue weighted by atomic mass is 9.98. The predicted octanol–water partition coefficient (Wildman–Crippen LogP) is 5.54. The van der Waals surface area contributed by atoms with E-state index in [9.17, 15) is 17.2 Å². The van der Waals surface area contributed by atoms with Gasteiger partial charge in [0.2, 0.25) is 5.95 Å². The maximum Gasteiger partial charge on any atom is 0.220 e. The second-order valence-electron chi connectivity index (χ2n) is 8.87. The van der Waals surface area contributed by atoms with Gasteiger partial charge >= 0.3 is 0 Å². The van der Waals surface area contributed by atoms with E-state index in [4.69, 9.17) is 5.73 Å². The number of hydrogen-bond acceptors (Lipinski definition) is 7. The Morgan fingerprint density at radius 1 is 0.971 bits per heavy atom. The first-order valence-corrected chi connectivity index (χ1v) is 12.9. The highest BCUT2D eigenvalue weighted by molar-refractivity contribution is 7.90. The van der Waals surface area contributed by atoms with Crippen molar-refractivity contribution >= 4 is 27.1 Å². The third kappa shape index (κ3) is 5.06. The molecule has 11 heteroatoms. The van der Waals surface area contributed by atoms with Gasteiger partial charge in [-0.3, -0.25) is 0 Å². The summed E-state index contributed by atoms with van der Waals surface area (Å²) in [6.07, 6.45) is 1.47. The highest BCUT2D eigenvalue weighted by atomic mass is 32.2. The number of halogens is 3. The maximum atomic E-state index is 15.1. The molecule has 2 heterocycles. The Hall–Kier alpha value is -3.31. The van der Waals surface area contributed by atoms with Crippen molar-refractivity contribution in [3.63, 3.8) is 0 Å². The molecule has 0 atom stereocenters. The summed E-state index contributed by atoms with van der Waals surface area (Å²) in [6.45, 7) is 5.86. The molecule has 0 radical (unpaired) electrons. The summed E-state index contributed by atoms with van der Waals surface area (Å²) in [4.78, 5) is 12.3. The van der Waals surface area contributed by atoms with Crippen molar-refractivity contribution in [1.82, 2.24) is 15.0 Å². The average Bonchev–Trinajstić information content (AvgIpc) is 3.20. The standard InChI is InChI=1S/C24H21F3N4O2S2/c1-24(2,3)22-31-19(20(34-22)18-9-10-29-23(28)30-18)14-11-13(7-8-15(14)25)12-35(32,33)21-16(26)5-4-6-17(21)27/h4-11H,12H2,1-3H3,(H2,28,29,30). The lowest BCUT2D eigenvalue weighted by Crippen LogP contribution is -2.10. The normalized spacial score (nSPS) is 12.2. The topological polar surface area (TPSA) is 98.8 Å². The molecule has 2 aromatic carbocycles. The van der Waals surface area contributed by atoms with Crippen LogP contribution in [-0.4, -0.2) is 23.4 Å². The molecular weight excluding hydrogens is 497 g/mol. The minimum Gasteiger partial charge on any atom is -0.368 e. The quantitative estimate of drug-likeness (QED) is 0.373. The Bertz CT molecular complexity index is 1510. The van der Waals surface area contributed by atoms with Crippen molar-refractivity contribution in [2.24, 2.45) is 0 Å². The van der Waals surface area contributed by atoms with Gasteiger partial charge in [-0.15, -0.1) is 11.3 Å². The molecule has 2 aromatic heterocycles. The van der Waals surface area contributed by atoms with Gasteiger partial charge in [0.1, 0.15) is 22.3 Å². The van der Waals surface area contributed by atoms with Crippen LogP contribution in [0.3, 0.4) is 0 Å². The summed E-state index contributed by atoms with van der Waals surface area (Å²) >= 11 is 1.31. The second-order valence-corrected chi connectivity index (χ2v) is 11.8. The number of anilines is 1. The second kappa shape index (κ2) is 9.04. The van der Waals surface area contributed by atoms with E-state index in [1.807, 2.05) is 20.8 Å². The van der Waals surface area contributed by atoms with Gasteiger partial charge in [0.15, 0.2) is 9.84 Å². The van der Waals surface area contributed by atoms with Crippen LogP contribution in [0.4, 0.5) is 19.1 Å². The summed E-state index contributed by atoms with van der Waals surface area (Å²) in [7, 11) is -4.40. The van der Waals surface area contributed by atoms with E-state index < -0.39 is 37.9 Å². The van der Waals surface area contributed by atoms with Crippen molar-refractivity contribution in [1.29, 1.82) is 0 Å². The van der Waals surface area contributed by atoms with E-state index >= 15 is 4.39 Å². The minimum absolute atomic E-state index is 0.0330. The highest BCUT2D eigenvalue weighted by Crippen LogP contribution is 2.41. The van der Waals surface area contributed by atoms with E-state index in [1.165, 1.54) is 29.7 Å². The Morgan fingerprint density at radius 3 is 2.29 bits per heavy atom. The number of rotatable bonds is 5. The first-order valence-electron chi connectivity index (χ1n) is 10.4. The first-order chi connectivity index (χ1) is 16.4. The van der Waals surface area contributed by atoms with Crippen molar-refractivity contribution in [3.05, 3.63) is 76.7 Å². The number of nitrogens with two attached hydrogens (primary N) is 1. The number of aromatic nitrogens is 3. The molecule has 4 aromatic rings. The van der Waals surface area contributed by atoms with Crippen LogP contribution in [0, 0.1) is 17.5 Å². The number of nitrogen functional groups attached to an aromatic ring is 1. The molecule has 6 nitrogen and oxygen atoms in total. The fraction of sp³-hybridized carbons (Fsp3) is 0.208. The number of sulfone groups is 1. The molecule has 0 bridgehead atoms. The van der Waals surface area contributed by atoms with E-state index in [0.717, 1.165) is 24.3 Å². The Labute approximate surface area is 204 Å². The summed E-state index contributed by atoms with van der Waals surface area (Å²) in [5.41, 5.74) is 6.24. The monoisotopic (exact) mass is 518 g/mol. The SMILES string of the molecule is CC(C)(C)c1nc(-c2cc(CS(=O)(=O)c3c(F)cccc3F)ccc2F)c(-c2ccnc(N)n2)s1. The Balaban J connectivity index is 1.84. The van der Waals surface area contributed by atoms with Crippen molar-refractivity contribution in [3.8, 4) is 21.8 Å². The van der Waals surface area contributed by atoms with Crippen LogP contribution in [0.15, 0.2) is 53.6 Å². The largest absolute Gasteiger partial charge is 0.368 e. The lowest BCUT2D eigenvalue weighted by Gasteiger charge is -2.13. The molecule has 0 fully saturated rings. The molecule has 0 aliphatic rings. The van der Waals surface area contributed by atoms with Crippen LogP contribution in [0.25, 0.3) is 21.8 Å². The molecule has 0 unspecified atom stereocenters. The van der Waals surface area contributed by atoms with E-state index in [-0.39, 0.29) is 28.2 Å². The molecule has 0 aliphatic carbocycles. The van der Waals surface area contributed by atoms with Gasteiger partial charge in [-0.2, -0.15) is 0 Å². The number of benzene rings is 2. The van der Waals surface area contributed by atoms with Gasteiger partial charge in [0, 0.05) is 17.2 Å². The van der Waals surface area contributed by atoms with Crippen LogP contribution in [0.2, 0.25) is 0 Å². The predicted molar refractivity (Wildman–Crippen MR) is 129 cm³/mol. The van der Waals surface area contributed by atoms with E-state index in [2.05, 4.69) is 15.0 Å². The molecule has 0 aliphatic heterocycles. The third-order valence-corrected chi connectivity index (χ3v) is 8.28. The van der Waals surface area contributed by atoms with Gasteiger partial charge in [-0.25, -0.2) is 36.5 Å². The minimum atomic E-state index is -4.40. The number of hydrogen-bond donors (Lipinski definition) is 1. The highest BCUT2D eigenvalue weighted by Gasteiger charge is 2.27. The zero-order valence-electron chi connectivity index (χ0n) is 19.0. The first kappa shape index (κ1) is 24.8. The van der Waals surface area contributed by atoms with Crippen LogP contribution in [-0.2, 0) is 21.0 Å². The Morgan fingerprint density at radius 2 is 1.66 bits per heavy atom. The number of nitrogens with zero attached hydrogens (tertiary/aromatic N) is 3. The van der Waals surface area contributed by atoms with E-state index in [0.29, 0.717) is 15.6 Å². The van der Waals surface area contributed by atoms with Crippen molar-refractivity contribution < 1.29 is 21.6 Å². The molecule has 35 heavy (non-hydrogen) atoms. The van der Waals surface area contributed by atoms with Gasteiger partial charge in [0.25, 0.3) is 0 Å². The average molecular weight is 519 g/mol. The van der Waals surface area contributed by atoms with E-state index in [1.54, 1.807) is 6.07 Å². The van der Waals surface area contributed by atoms with Crippen LogP contribution in [0.1, 0.15) is 31.3 Å². The van der Waals surface area contributed by atoms with Crippen LogP contribution in [0.5, 0.6) is 0 Å². The van der Waals surface area contributed by atoms with Gasteiger partial charge in [-0.1, -0.05) is 32.9 Å². The molecular formula is C24H21F3N4O2S2. The zero-order chi connectivity index (χ0) is 25.5. The molecule has 182 valence electrons. The fourth-order valence-electron chi connectivity index (χ4n) is 3.41. The molecule has 0 saturated carbocycles. The lowest BCUT2D eigenvalue weighted by molar-refractivity contribution is 0.519. The summed E-state index contributed by atoms with van der Waals surface area (Å²) < 4.78 is 69.0. The van der Waals surface area contributed by atoms with Crippen molar-refractivity contribution in [2.75, 3.05) is 5.73 Å². The third-order valence-electron chi connectivity index (χ3n) is 5.05. The maximum absolute atomic E-state index is 15.1. The summed E-state index contributed by atoms with van der Waals surface area (Å²) in [5.74, 6) is -3.72. The molecule has 0 spiro atoms. The van der Waals surface area contributed by atoms with Gasteiger partial charge in [0.05, 0.1) is 27.0 Å². The van der Waals surface area contributed by atoms with Crippen LogP contribution >= 0.6 is 11.3 Å². The molecule has 4 rings (SSSR count). The zero-order valence-corrected chi connectivity index (χ0v) is 20.6. The summed E-state index contributed by atoms with van der Waals surface area (Å²) in [6, 6.07) is 8.12. The molecule has 0 saturated heterocycles. The van der Waals surface area contributed by atoms with Gasteiger partial charge < -0.3 is 5.73 Å². The van der Waals surface area contributed by atoms with Crippen molar-refractivity contribution in [2.45, 2.75) is 36.8 Å². The van der Waals surface area contributed by atoms with Crippen LogP contribution < -0.4 is 5.73 Å². The van der Waals surface area contributed by atoms with Gasteiger partial charge in [-0.05, 0) is 35.9 Å². The fourth-order valence-corrected chi connectivity index (χ4v) is 6.01. The smallest absolute Gasteiger partial charge is 0.220 e. The number of thiazole rings is 1. The molecule has 2 N–H and O–H groups in total.